The monoisotopic (exact) mass is 364 g/mol. The van der Waals surface area contributed by atoms with Crippen LogP contribution in [0.25, 0.3) is 22.2 Å². The maximum atomic E-state index is 12.8. The second-order valence-corrected chi connectivity index (χ2v) is 6.60. The fourth-order valence-electron chi connectivity index (χ4n) is 3.48. The van der Waals surface area contributed by atoms with E-state index in [0.717, 1.165) is 27.7 Å². The van der Waals surface area contributed by atoms with E-state index < -0.39 is 0 Å². The van der Waals surface area contributed by atoms with Crippen molar-refractivity contribution < 1.29 is 0 Å². The van der Waals surface area contributed by atoms with Gasteiger partial charge >= 0.3 is 5.69 Å². The number of nitrogens with zero attached hydrogens (tertiary/aromatic N) is 4. The zero-order valence-corrected chi connectivity index (χ0v) is 15.3. The topological polar surface area (TPSA) is 74.5 Å². The van der Waals surface area contributed by atoms with Gasteiger partial charge in [-0.25, -0.2) is 4.79 Å². The Morgan fingerprint density at radius 1 is 0.893 bits per heavy atom. The Labute approximate surface area is 161 Å². The number of benzene rings is 3. The maximum Gasteiger partial charge on any atom is 0.329 e. The molecule has 0 spiro atoms. The summed E-state index contributed by atoms with van der Waals surface area (Å²) in [5.74, 6) is 0. The summed E-state index contributed by atoms with van der Waals surface area (Å²) in [4.78, 5) is 12.8. The predicted molar refractivity (Wildman–Crippen MR) is 108 cm³/mol. The Bertz CT molecular complexity index is 1350. The summed E-state index contributed by atoms with van der Waals surface area (Å²) >= 11 is 0. The Hall–Kier alpha value is -4.09. The van der Waals surface area contributed by atoms with Crippen LogP contribution >= 0.6 is 0 Å². The van der Waals surface area contributed by atoms with Crippen LogP contribution in [0.5, 0.6) is 0 Å². The normalized spacial score (nSPS) is 10.5. The van der Waals surface area contributed by atoms with Gasteiger partial charge in [0.2, 0.25) is 0 Å². The molecule has 1 heterocycles. The molecule has 0 aliphatic rings. The van der Waals surface area contributed by atoms with E-state index in [-0.39, 0.29) is 5.69 Å². The first-order chi connectivity index (χ1) is 13.6. The number of hydrogen-bond donors (Lipinski definition) is 0. The Morgan fingerprint density at radius 2 is 1.71 bits per heavy atom. The van der Waals surface area contributed by atoms with Crippen molar-refractivity contribution in [2.75, 3.05) is 0 Å². The SMILES string of the molecule is Cn1c(=O)n(Cc2cccc(C#N)c2)c2ccc(-c3ccccc3C#N)cc21. The largest absolute Gasteiger partial charge is 0.329 e. The number of hydrogen-bond acceptors (Lipinski definition) is 3. The van der Waals surface area contributed by atoms with E-state index >= 15 is 0 Å². The van der Waals surface area contributed by atoms with Crippen LogP contribution in [-0.4, -0.2) is 9.13 Å². The zero-order valence-electron chi connectivity index (χ0n) is 15.3. The third-order valence-corrected chi connectivity index (χ3v) is 4.90. The van der Waals surface area contributed by atoms with Crippen LogP contribution in [0, 0.1) is 22.7 Å². The summed E-state index contributed by atoms with van der Waals surface area (Å²) < 4.78 is 3.31. The molecule has 0 bridgehead atoms. The van der Waals surface area contributed by atoms with Gasteiger partial charge in [-0.05, 0) is 47.0 Å². The third kappa shape index (κ3) is 2.86. The molecule has 0 unspecified atom stereocenters. The molecular formula is C23H16N4O. The standard InChI is InChI=1S/C23H16N4O/c1-26-22-12-18(20-8-3-2-7-19(20)14-25)9-10-21(22)27(23(26)28)15-17-6-4-5-16(11-17)13-24/h2-12H,15H2,1H3. The fourth-order valence-corrected chi connectivity index (χ4v) is 3.48. The first kappa shape index (κ1) is 17.3. The average molecular weight is 364 g/mol. The molecule has 0 saturated carbocycles. The number of nitriles is 2. The molecule has 5 nitrogen and oxygen atoms in total. The first-order valence-electron chi connectivity index (χ1n) is 8.80. The minimum absolute atomic E-state index is 0.122. The van der Waals surface area contributed by atoms with E-state index in [4.69, 9.17) is 5.26 Å². The van der Waals surface area contributed by atoms with Crippen LogP contribution in [-0.2, 0) is 13.6 Å². The summed E-state index contributed by atoms with van der Waals surface area (Å²) in [5.41, 5.74) is 5.29. The van der Waals surface area contributed by atoms with Gasteiger partial charge in [0.15, 0.2) is 0 Å². The highest BCUT2D eigenvalue weighted by molar-refractivity contribution is 5.84. The highest BCUT2D eigenvalue weighted by atomic mass is 16.1. The molecule has 134 valence electrons. The van der Waals surface area contributed by atoms with E-state index in [0.29, 0.717) is 17.7 Å². The second-order valence-electron chi connectivity index (χ2n) is 6.60. The molecule has 0 amide bonds. The van der Waals surface area contributed by atoms with Gasteiger partial charge in [0.1, 0.15) is 0 Å². The van der Waals surface area contributed by atoms with Gasteiger partial charge in [-0.3, -0.25) is 9.13 Å². The molecule has 1 aromatic heterocycles. The van der Waals surface area contributed by atoms with Crippen LogP contribution in [0.1, 0.15) is 16.7 Å². The van der Waals surface area contributed by atoms with Crippen molar-refractivity contribution in [3.8, 4) is 23.3 Å². The average Bonchev–Trinajstić information content (AvgIpc) is 2.98. The summed E-state index contributed by atoms with van der Waals surface area (Å²) in [6.07, 6.45) is 0. The Balaban J connectivity index is 1.85. The smallest absolute Gasteiger partial charge is 0.295 e. The molecule has 0 radical (unpaired) electrons. The van der Waals surface area contributed by atoms with E-state index in [1.165, 1.54) is 0 Å². The maximum absolute atomic E-state index is 12.8. The molecule has 3 aromatic carbocycles. The van der Waals surface area contributed by atoms with Crippen molar-refractivity contribution in [1.82, 2.24) is 9.13 Å². The van der Waals surface area contributed by atoms with E-state index in [1.807, 2.05) is 48.5 Å². The Kier molecular flexibility index (Phi) is 4.27. The first-order valence-corrected chi connectivity index (χ1v) is 8.80. The molecule has 0 fully saturated rings. The second kappa shape index (κ2) is 6.90. The van der Waals surface area contributed by atoms with E-state index in [2.05, 4.69) is 12.1 Å². The van der Waals surface area contributed by atoms with Gasteiger partial charge in [0, 0.05) is 7.05 Å². The van der Waals surface area contributed by atoms with Crippen LogP contribution in [0.2, 0.25) is 0 Å². The van der Waals surface area contributed by atoms with Crippen molar-refractivity contribution >= 4 is 11.0 Å². The fraction of sp³-hybridized carbons (Fsp3) is 0.0870. The van der Waals surface area contributed by atoms with Crippen molar-refractivity contribution in [2.45, 2.75) is 6.54 Å². The highest BCUT2D eigenvalue weighted by Crippen LogP contribution is 2.27. The molecule has 0 N–H and O–H groups in total. The molecule has 0 aliphatic heterocycles. The van der Waals surface area contributed by atoms with Gasteiger partial charge in [0.25, 0.3) is 0 Å². The lowest BCUT2D eigenvalue weighted by Crippen LogP contribution is -2.22. The van der Waals surface area contributed by atoms with Crippen LogP contribution in [0.15, 0.2) is 71.5 Å². The zero-order chi connectivity index (χ0) is 19.7. The van der Waals surface area contributed by atoms with Crippen molar-refractivity contribution in [3.05, 3.63) is 93.9 Å². The number of imidazole rings is 1. The van der Waals surface area contributed by atoms with Crippen LogP contribution in [0.3, 0.4) is 0 Å². The lowest BCUT2D eigenvalue weighted by Gasteiger charge is -2.07. The highest BCUT2D eigenvalue weighted by Gasteiger charge is 2.13. The quantitative estimate of drug-likeness (QED) is 0.555. The molecule has 5 heteroatoms. The third-order valence-electron chi connectivity index (χ3n) is 4.90. The number of aryl methyl sites for hydroxylation is 1. The van der Waals surface area contributed by atoms with Gasteiger partial charge in [0.05, 0.1) is 40.8 Å². The lowest BCUT2D eigenvalue weighted by molar-refractivity contribution is 0.736. The molecule has 0 saturated heterocycles. The van der Waals surface area contributed by atoms with E-state index in [1.54, 1.807) is 34.4 Å². The predicted octanol–water partition coefficient (Wildman–Crippen LogP) is 3.80. The molecule has 0 aliphatic carbocycles. The molecule has 4 rings (SSSR count). The van der Waals surface area contributed by atoms with E-state index in [9.17, 15) is 10.1 Å². The number of fused-ring (bicyclic) bond motifs is 1. The Morgan fingerprint density at radius 3 is 2.50 bits per heavy atom. The summed E-state index contributed by atoms with van der Waals surface area (Å²) in [6.45, 7) is 0.389. The summed E-state index contributed by atoms with van der Waals surface area (Å²) in [6, 6.07) is 24.8. The summed E-state index contributed by atoms with van der Waals surface area (Å²) in [5, 5.41) is 18.5. The molecule has 28 heavy (non-hydrogen) atoms. The van der Waals surface area contributed by atoms with Crippen molar-refractivity contribution in [3.63, 3.8) is 0 Å². The molecule has 4 aromatic rings. The van der Waals surface area contributed by atoms with Gasteiger partial charge in [-0.2, -0.15) is 10.5 Å². The van der Waals surface area contributed by atoms with Crippen LogP contribution < -0.4 is 5.69 Å². The van der Waals surface area contributed by atoms with Gasteiger partial charge in [-0.15, -0.1) is 0 Å². The molecule has 0 atom stereocenters. The number of aromatic nitrogens is 2. The van der Waals surface area contributed by atoms with Crippen LogP contribution in [0.4, 0.5) is 0 Å². The van der Waals surface area contributed by atoms with Crippen molar-refractivity contribution in [2.24, 2.45) is 7.05 Å². The van der Waals surface area contributed by atoms with Crippen molar-refractivity contribution in [1.29, 1.82) is 10.5 Å². The minimum atomic E-state index is -0.122. The van der Waals surface area contributed by atoms with Gasteiger partial charge in [-0.1, -0.05) is 36.4 Å². The summed E-state index contributed by atoms with van der Waals surface area (Å²) in [7, 11) is 1.74. The van der Waals surface area contributed by atoms with Gasteiger partial charge < -0.3 is 0 Å². The minimum Gasteiger partial charge on any atom is -0.295 e. The molecular weight excluding hydrogens is 348 g/mol. The number of rotatable bonds is 3. The lowest BCUT2D eigenvalue weighted by atomic mass is 10.00.